The number of nitrogens with zero attached hydrogens (tertiary/aromatic N) is 1. The fourth-order valence-corrected chi connectivity index (χ4v) is 4.61. The Morgan fingerprint density at radius 2 is 1.41 bits per heavy atom. The SMILES string of the molecule is COc1ccc(S(=O)(=O)Oc2c(C(C)C)cc(N(Cl)C(=O)c3ccccc3)cc2C(C)C)cc1. The molecular weight excluding hydrogens is 474 g/mol. The quantitative estimate of drug-likeness (QED) is 0.260. The number of carbonyl (C=O) groups excluding carboxylic acids is 1. The lowest BCUT2D eigenvalue weighted by molar-refractivity contribution is 0.101. The Balaban J connectivity index is 2.07. The summed E-state index contributed by atoms with van der Waals surface area (Å²) in [6.07, 6.45) is 0. The van der Waals surface area contributed by atoms with Crippen molar-refractivity contribution in [1.29, 1.82) is 0 Å². The monoisotopic (exact) mass is 501 g/mol. The standard InChI is InChI=1S/C26H28ClNO5S/c1-17(2)23-15-20(28(27)26(29)19-9-7-6-8-10-19)16-24(18(3)4)25(23)33-34(30,31)22-13-11-21(32-5)12-14-22/h6-18H,1-5H3. The van der Waals surface area contributed by atoms with Gasteiger partial charge in [-0.25, -0.2) is 4.42 Å². The number of ether oxygens (including phenoxy) is 1. The van der Waals surface area contributed by atoms with Gasteiger partial charge in [-0.05, 0) is 60.4 Å². The van der Waals surface area contributed by atoms with E-state index in [9.17, 15) is 13.2 Å². The minimum atomic E-state index is -4.11. The number of hydrogen-bond acceptors (Lipinski definition) is 5. The van der Waals surface area contributed by atoms with Crippen LogP contribution in [0, 0.1) is 0 Å². The van der Waals surface area contributed by atoms with Crippen LogP contribution >= 0.6 is 11.8 Å². The Hall–Kier alpha value is -3.03. The largest absolute Gasteiger partial charge is 0.497 e. The fraction of sp³-hybridized carbons (Fsp3) is 0.269. The van der Waals surface area contributed by atoms with Gasteiger partial charge in [0.2, 0.25) is 0 Å². The van der Waals surface area contributed by atoms with E-state index in [0.717, 1.165) is 4.42 Å². The molecule has 1 amide bonds. The summed E-state index contributed by atoms with van der Waals surface area (Å²) >= 11 is 6.47. The molecule has 3 aromatic rings. The van der Waals surface area contributed by atoms with Gasteiger partial charge in [-0.15, -0.1) is 0 Å². The maximum atomic E-state index is 13.1. The minimum Gasteiger partial charge on any atom is -0.497 e. The second-order valence-electron chi connectivity index (χ2n) is 8.43. The molecule has 0 unspecified atom stereocenters. The van der Waals surface area contributed by atoms with Gasteiger partial charge in [0.1, 0.15) is 16.4 Å². The highest BCUT2D eigenvalue weighted by atomic mass is 35.5. The van der Waals surface area contributed by atoms with Crippen molar-refractivity contribution in [3.05, 3.63) is 83.4 Å². The number of benzene rings is 3. The summed E-state index contributed by atoms with van der Waals surface area (Å²) in [5.41, 5.74) is 2.14. The molecule has 3 aromatic carbocycles. The highest BCUT2D eigenvalue weighted by Crippen LogP contribution is 2.40. The molecule has 6 nitrogen and oxygen atoms in total. The average Bonchev–Trinajstić information content (AvgIpc) is 2.83. The third-order valence-electron chi connectivity index (χ3n) is 5.34. The number of methoxy groups -OCH3 is 1. The van der Waals surface area contributed by atoms with Gasteiger partial charge in [-0.3, -0.25) is 4.79 Å². The molecule has 3 rings (SSSR count). The van der Waals surface area contributed by atoms with Crippen LogP contribution in [0.15, 0.2) is 71.6 Å². The first-order valence-corrected chi connectivity index (χ1v) is 12.6. The first kappa shape index (κ1) is 25.6. The molecule has 0 atom stereocenters. The lowest BCUT2D eigenvalue weighted by atomic mass is 9.93. The average molecular weight is 502 g/mol. The molecule has 0 aromatic heterocycles. The molecular formula is C26H28ClNO5S. The minimum absolute atomic E-state index is 0.0139. The second kappa shape index (κ2) is 10.5. The van der Waals surface area contributed by atoms with E-state index in [1.54, 1.807) is 48.5 Å². The zero-order valence-corrected chi connectivity index (χ0v) is 21.4. The molecule has 0 heterocycles. The summed E-state index contributed by atoms with van der Waals surface area (Å²) in [7, 11) is -2.60. The summed E-state index contributed by atoms with van der Waals surface area (Å²) in [5, 5.41) is 0. The number of carbonyl (C=O) groups is 1. The van der Waals surface area contributed by atoms with Crippen LogP contribution in [-0.2, 0) is 10.1 Å². The first-order chi connectivity index (χ1) is 16.0. The van der Waals surface area contributed by atoms with Crippen LogP contribution < -0.4 is 13.3 Å². The van der Waals surface area contributed by atoms with Gasteiger partial charge < -0.3 is 8.92 Å². The Bertz CT molecular complexity index is 1230. The van der Waals surface area contributed by atoms with Crippen LogP contribution in [0.3, 0.4) is 0 Å². The van der Waals surface area contributed by atoms with E-state index in [-0.39, 0.29) is 28.4 Å². The Morgan fingerprint density at radius 3 is 1.88 bits per heavy atom. The van der Waals surface area contributed by atoms with Gasteiger partial charge >= 0.3 is 10.1 Å². The summed E-state index contributed by atoms with van der Waals surface area (Å²) in [5.74, 6) is 0.207. The van der Waals surface area contributed by atoms with Crippen LogP contribution in [0.1, 0.15) is 61.0 Å². The zero-order valence-electron chi connectivity index (χ0n) is 19.8. The van der Waals surface area contributed by atoms with E-state index in [1.807, 2.05) is 33.8 Å². The maximum absolute atomic E-state index is 13.1. The van der Waals surface area contributed by atoms with Crippen LogP contribution in [0.2, 0.25) is 0 Å². The lowest BCUT2D eigenvalue weighted by Crippen LogP contribution is -2.21. The van der Waals surface area contributed by atoms with Crippen molar-refractivity contribution >= 4 is 33.5 Å². The van der Waals surface area contributed by atoms with Crippen molar-refractivity contribution in [2.45, 2.75) is 44.4 Å². The molecule has 0 N–H and O–H groups in total. The van der Waals surface area contributed by atoms with Crippen molar-refractivity contribution in [2.24, 2.45) is 0 Å². The van der Waals surface area contributed by atoms with Gasteiger partial charge in [0.15, 0.2) is 0 Å². The molecule has 0 saturated carbocycles. The second-order valence-corrected chi connectivity index (χ2v) is 10.3. The zero-order chi connectivity index (χ0) is 25.0. The van der Waals surface area contributed by atoms with Crippen LogP contribution in [-0.4, -0.2) is 21.4 Å². The Morgan fingerprint density at radius 1 is 0.882 bits per heavy atom. The van der Waals surface area contributed by atoms with Gasteiger partial charge in [0.05, 0.1) is 12.8 Å². The van der Waals surface area contributed by atoms with Crippen molar-refractivity contribution in [1.82, 2.24) is 0 Å². The van der Waals surface area contributed by atoms with Gasteiger partial charge in [0, 0.05) is 28.5 Å². The van der Waals surface area contributed by atoms with E-state index >= 15 is 0 Å². The molecule has 0 aliphatic heterocycles. The predicted octanol–water partition coefficient (Wildman–Crippen LogP) is 6.51. The summed E-state index contributed by atoms with van der Waals surface area (Å²) < 4.78 is 38.1. The third-order valence-corrected chi connectivity index (χ3v) is 6.93. The van der Waals surface area contributed by atoms with E-state index in [2.05, 4.69) is 0 Å². The molecule has 8 heteroatoms. The number of rotatable bonds is 8. The molecule has 0 bridgehead atoms. The van der Waals surface area contributed by atoms with Gasteiger partial charge in [-0.2, -0.15) is 8.42 Å². The van der Waals surface area contributed by atoms with Crippen LogP contribution in [0.4, 0.5) is 5.69 Å². The van der Waals surface area contributed by atoms with Crippen molar-refractivity contribution in [3.63, 3.8) is 0 Å². The van der Waals surface area contributed by atoms with Crippen LogP contribution in [0.5, 0.6) is 11.5 Å². The number of hydrogen-bond donors (Lipinski definition) is 0. The van der Waals surface area contributed by atoms with Gasteiger partial charge in [-0.1, -0.05) is 45.9 Å². The highest BCUT2D eigenvalue weighted by molar-refractivity contribution is 7.87. The third kappa shape index (κ3) is 5.54. The molecule has 34 heavy (non-hydrogen) atoms. The molecule has 0 fully saturated rings. The predicted molar refractivity (Wildman–Crippen MR) is 135 cm³/mol. The molecule has 0 spiro atoms. The molecule has 180 valence electrons. The molecule has 0 aliphatic rings. The maximum Gasteiger partial charge on any atom is 0.339 e. The first-order valence-electron chi connectivity index (χ1n) is 10.9. The smallest absolute Gasteiger partial charge is 0.339 e. The molecule has 0 saturated heterocycles. The van der Waals surface area contributed by atoms with Crippen molar-refractivity contribution < 1.29 is 22.1 Å². The van der Waals surface area contributed by atoms with Gasteiger partial charge in [0.25, 0.3) is 5.91 Å². The number of halogens is 1. The van der Waals surface area contributed by atoms with Crippen molar-refractivity contribution in [3.8, 4) is 11.5 Å². The topological polar surface area (TPSA) is 72.9 Å². The van der Waals surface area contributed by atoms with E-state index in [1.165, 1.54) is 19.2 Å². The van der Waals surface area contributed by atoms with E-state index in [4.69, 9.17) is 20.7 Å². The Kier molecular flexibility index (Phi) is 7.89. The molecule has 0 aliphatic carbocycles. The Labute approximate surface area is 206 Å². The summed E-state index contributed by atoms with van der Waals surface area (Å²) in [6.45, 7) is 7.70. The summed E-state index contributed by atoms with van der Waals surface area (Å²) in [4.78, 5) is 12.9. The highest BCUT2D eigenvalue weighted by Gasteiger charge is 2.26. The number of anilines is 1. The van der Waals surface area contributed by atoms with Crippen LogP contribution in [0.25, 0.3) is 0 Å². The number of amides is 1. The van der Waals surface area contributed by atoms with E-state index in [0.29, 0.717) is 28.1 Å². The normalized spacial score (nSPS) is 11.5. The fourth-order valence-electron chi connectivity index (χ4n) is 3.44. The lowest BCUT2D eigenvalue weighted by Gasteiger charge is -2.23. The van der Waals surface area contributed by atoms with Crippen molar-refractivity contribution in [2.75, 3.05) is 11.5 Å². The summed E-state index contributed by atoms with van der Waals surface area (Å²) in [6, 6.07) is 18.1. The van der Waals surface area contributed by atoms with E-state index < -0.39 is 10.1 Å². The molecule has 0 radical (unpaired) electrons.